The van der Waals surface area contributed by atoms with Gasteiger partial charge >= 0.3 is 0 Å². The lowest BCUT2D eigenvalue weighted by molar-refractivity contribution is -0.141. The monoisotopic (exact) mass is 338 g/mol. The normalized spacial score (nSPS) is 29.5. The number of carbonyl (C=O) groups is 1. The van der Waals surface area contributed by atoms with Crippen LogP contribution in [0.4, 0.5) is 0 Å². The Bertz CT molecular complexity index is 437. The van der Waals surface area contributed by atoms with Gasteiger partial charge in [0.15, 0.2) is 0 Å². The van der Waals surface area contributed by atoms with Crippen LogP contribution in [0.2, 0.25) is 0 Å². The van der Waals surface area contributed by atoms with E-state index in [1.54, 1.807) is 7.11 Å². The molecule has 0 bridgehead atoms. The van der Waals surface area contributed by atoms with Gasteiger partial charge in [0.1, 0.15) is 0 Å². The Morgan fingerprint density at radius 1 is 1.12 bits per heavy atom. The molecule has 1 spiro atoms. The molecule has 1 atom stereocenters. The fraction of sp³-hybridized carbons (Fsp3) is 0.944. The number of nitrogens with zero attached hydrogens (tertiary/aromatic N) is 4. The van der Waals surface area contributed by atoms with Crippen LogP contribution in [0.15, 0.2) is 0 Å². The lowest BCUT2D eigenvalue weighted by atomic mass is 9.83. The Kier molecular flexibility index (Phi) is 5.80. The minimum absolute atomic E-state index is 0.188. The van der Waals surface area contributed by atoms with Gasteiger partial charge in [-0.2, -0.15) is 0 Å². The van der Waals surface area contributed by atoms with Crippen molar-refractivity contribution in [1.82, 2.24) is 19.6 Å². The van der Waals surface area contributed by atoms with Crippen LogP contribution in [0.25, 0.3) is 0 Å². The van der Waals surface area contributed by atoms with E-state index in [0.29, 0.717) is 5.91 Å². The molecular weight excluding hydrogens is 304 g/mol. The van der Waals surface area contributed by atoms with Crippen molar-refractivity contribution < 1.29 is 9.53 Å². The molecule has 24 heavy (non-hydrogen) atoms. The quantitative estimate of drug-likeness (QED) is 0.732. The van der Waals surface area contributed by atoms with Gasteiger partial charge in [0.05, 0.1) is 12.5 Å². The number of carbonyl (C=O) groups excluding carboxylic acids is 1. The molecular formula is C18H34N4O2. The van der Waals surface area contributed by atoms with Gasteiger partial charge in [-0.05, 0) is 53.0 Å². The molecule has 0 radical (unpaired) electrons. The number of likely N-dealkylation sites (N-methyl/N-ethyl adjacent to an activating group) is 1. The first-order valence-electron chi connectivity index (χ1n) is 9.44. The molecule has 6 heteroatoms. The van der Waals surface area contributed by atoms with E-state index >= 15 is 0 Å². The van der Waals surface area contributed by atoms with Gasteiger partial charge in [0.25, 0.3) is 0 Å². The summed E-state index contributed by atoms with van der Waals surface area (Å²) in [6.45, 7) is 8.74. The summed E-state index contributed by atoms with van der Waals surface area (Å²) >= 11 is 0. The molecule has 138 valence electrons. The molecule has 3 saturated heterocycles. The lowest BCUT2D eigenvalue weighted by Gasteiger charge is -2.53. The molecule has 0 aliphatic carbocycles. The Morgan fingerprint density at radius 3 is 2.58 bits per heavy atom. The zero-order valence-electron chi connectivity index (χ0n) is 15.7. The first-order valence-corrected chi connectivity index (χ1v) is 9.44. The summed E-state index contributed by atoms with van der Waals surface area (Å²) in [5, 5.41) is 0. The van der Waals surface area contributed by atoms with Crippen LogP contribution in [0.5, 0.6) is 0 Å². The Labute approximate surface area is 146 Å². The second-order valence-electron chi connectivity index (χ2n) is 7.99. The second-order valence-corrected chi connectivity index (χ2v) is 7.99. The van der Waals surface area contributed by atoms with Crippen LogP contribution in [-0.2, 0) is 9.53 Å². The first kappa shape index (κ1) is 18.1. The van der Waals surface area contributed by atoms with Crippen molar-refractivity contribution in [2.45, 2.75) is 24.8 Å². The summed E-state index contributed by atoms with van der Waals surface area (Å²) in [6, 6.07) is 0. The molecule has 6 nitrogen and oxygen atoms in total. The molecule has 1 amide bonds. The minimum Gasteiger partial charge on any atom is -0.383 e. The predicted octanol–water partition coefficient (Wildman–Crippen LogP) is 0.193. The number of rotatable bonds is 4. The van der Waals surface area contributed by atoms with Crippen LogP contribution in [0, 0.1) is 5.92 Å². The van der Waals surface area contributed by atoms with Crippen molar-refractivity contribution in [2.24, 2.45) is 5.92 Å². The van der Waals surface area contributed by atoms with Crippen LogP contribution < -0.4 is 0 Å². The van der Waals surface area contributed by atoms with Gasteiger partial charge in [-0.3, -0.25) is 9.69 Å². The Hall–Kier alpha value is -0.690. The maximum atomic E-state index is 13.1. The van der Waals surface area contributed by atoms with E-state index in [4.69, 9.17) is 4.74 Å². The number of hydrogen-bond acceptors (Lipinski definition) is 5. The molecule has 0 aromatic heterocycles. The van der Waals surface area contributed by atoms with Crippen molar-refractivity contribution in [2.75, 3.05) is 80.2 Å². The number of ether oxygens (including phenoxy) is 1. The molecule has 3 aliphatic rings. The topological polar surface area (TPSA) is 39.3 Å². The third kappa shape index (κ3) is 3.77. The van der Waals surface area contributed by atoms with Gasteiger partial charge in [-0.15, -0.1) is 0 Å². The molecule has 3 heterocycles. The standard InChI is InChI=1S/C18H34N4O2/c1-19-8-5-18(6-9-19)15-22(11-10-20(18)2)17(23)16-4-7-21(14-16)12-13-24-3/h16H,4-15H2,1-3H3/t16-/m0/s1. The Morgan fingerprint density at radius 2 is 1.88 bits per heavy atom. The molecule has 0 N–H and O–H groups in total. The van der Waals surface area contributed by atoms with E-state index in [2.05, 4.69) is 33.7 Å². The summed E-state index contributed by atoms with van der Waals surface area (Å²) in [5.41, 5.74) is 0.203. The zero-order chi connectivity index (χ0) is 17.2. The molecule has 3 fully saturated rings. The van der Waals surface area contributed by atoms with Gasteiger partial charge in [0, 0.05) is 45.4 Å². The van der Waals surface area contributed by atoms with Gasteiger partial charge < -0.3 is 19.4 Å². The van der Waals surface area contributed by atoms with Crippen molar-refractivity contribution in [3.63, 3.8) is 0 Å². The molecule has 3 rings (SSSR count). The highest BCUT2D eigenvalue weighted by Gasteiger charge is 2.44. The van der Waals surface area contributed by atoms with E-state index < -0.39 is 0 Å². The third-order valence-corrected chi connectivity index (χ3v) is 6.46. The van der Waals surface area contributed by atoms with Gasteiger partial charge in [-0.25, -0.2) is 0 Å². The van der Waals surface area contributed by atoms with Crippen LogP contribution in [0.1, 0.15) is 19.3 Å². The minimum atomic E-state index is 0.188. The van der Waals surface area contributed by atoms with Crippen molar-refractivity contribution in [1.29, 1.82) is 0 Å². The number of piperidine rings is 1. The van der Waals surface area contributed by atoms with Crippen molar-refractivity contribution >= 4 is 5.91 Å². The van der Waals surface area contributed by atoms with Crippen LogP contribution in [0.3, 0.4) is 0 Å². The van der Waals surface area contributed by atoms with Crippen molar-refractivity contribution in [3.05, 3.63) is 0 Å². The molecule has 0 unspecified atom stereocenters. The average molecular weight is 338 g/mol. The summed E-state index contributed by atoms with van der Waals surface area (Å²) in [7, 11) is 6.19. The highest BCUT2D eigenvalue weighted by atomic mass is 16.5. The first-order chi connectivity index (χ1) is 11.5. The van der Waals surface area contributed by atoms with E-state index in [-0.39, 0.29) is 11.5 Å². The summed E-state index contributed by atoms with van der Waals surface area (Å²) < 4.78 is 5.16. The van der Waals surface area contributed by atoms with Crippen molar-refractivity contribution in [3.8, 4) is 0 Å². The molecule has 0 saturated carbocycles. The highest BCUT2D eigenvalue weighted by molar-refractivity contribution is 5.79. The number of amides is 1. The maximum absolute atomic E-state index is 13.1. The van der Waals surface area contributed by atoms with E-state index in [0.717, 1.165) is 65.4 Å². The summed E-state index contributed by atoms with van der Waals surface area (Å²) in [6.07, 6.45) is 3.35. The molecule has 0 aromatic rings. The van der Waals surface area contributed by atoms with E-state index in [1.807, 2.05) is 0 Å². The summed E-state index contributed by atoms with van der Waals surface area (Å²) in [4.78, 5) is 22.5. The zero-order valence-corrected chi connectivity index (χ0v) is 15.7. The second kappa shape index (κ2) is 7.68. The fourth-order valence-electron chi connectivity index (χ4n) is 4.54. The number of hydrogen-bond donors (Lipinski definition) is 0. The number of methoxy groups -OCH3 is 1. The fourth-order valence-corrected chi connectivity index (χ4v) is 4.54. The van der Waals surface area contributed by atoms with Crippen LogP contribution >= 0.6 is 0 Å². The summed E-state index contributed by atoms with van der Waals surface area (Å²) in [5.74, 6) is 0.579. The smallest absolute Gasteiger partial charge is 0.227 e. The number of likely N-dealkylation sites (tertiary alicyclic amines) is 2. The molecule has 3 aliphatic heterocycles. The van der Waals surface area contributed by atoms with Crippen LogP contribution in [-0.4, -0.2) is 111 Å². The highest BCUT2D eigenvalue weighted by Crippen LogP contribution is 2.32. The predicted molar refractivity (Wildman–Crippen MR) is 95.1 cm³/mol. The SMILES string of the molecule is COCCN1CC[C@H](C(=O)N2CCN(C)C3(CCN(C)CC3)C2)C1. The average Bonchev–Trinajstić information content (AvgIpc) is 3.06. The van der Waals surface area contributed by atoms with E-state index in [1.165, 1.54) is 12.8 Å². The molecule has 0 aromatic carbocycles. The largest absolute Gasteiger partial charge is 0.383 e. The lowest BCUT2D eigenvalue weighted by Crippen LogP contribution is -2.65. The van der Waals surface area contributed by atoms with E-state index in [9.17, 15) is 4.79 Å². The third-order valence-electron chi connectivity index (χ3n) is 6.46. The Balaban J connectivity index is 1.58. The van der Waals surface area contributed by atoms with Gasteiger partial charge in [-0.1, -0.05) is 0 Å². The van der Waals surface area contributed by atoms with Gasteiger partial charge in [0.2, 0.25) is 5.91 Å². The maximum Gasteiger partial charge on any atom is 0.227 e. The number of piperazine rings is 1.